The molecule has 7 heteroatoms. The van der Waals surface area contributed by atoms with Crippen LogP contribution in [0, 0.1) is 0 Å². The normalized spacial score (nSPS) is 20.8. The van der Waals surface area contributed by atoms with Gasteiger partial charge < -0.3 is 14.8 Å². The largest absolute Gasteiger partial charge is 0.381 e. The van der Waals surface area contributed by atoms with Crippen molar-refractivity contribution < 1.29 is 9.47 Å². The smallest absolute Gasteiger partial charge is 0.176 e. The summed E-state index contributed by atoms with van der Waals surface area (Å²) < 4.78 is 11.2. The van der Waals surface area contributed by atoms with E-state index in [1.807, 2.05) is 7.05 Å². The molecule has 1 aliphatic rings. The molecule has 2 rings (SSSR count). The fraction of sp³-hybridized carbons (Fsp3) is 0.909. The highest BCUT2D eigenvalue weighted by atomic mass is 16.5. The Labute approximate surface area is 107 Å². The van der Waals surface area contributed by atoms with Gasteiger partial charge >= 0.3 is 0 Å². The van der Waals surface area contributed by atoms with Crippen LogP contribution in [0.25, 0.3) is 0 Å². The number of hydrogen-bond donors (Lipinski definition) is 1. The van der Waals surface area contributed by atoms with E-state index in [0.29, 0.717) is 6.42 Å². The molecule has 1 unspecified atom stereocenters. The van der Waals surface area contributed by atoms with E-state index in [-0.39, 0.29) is 11.6 Å². The summed E-state index contributed by atoms with van der Waals surface area (Å²) in [5, 5.41) is 15.4. The highest BCUT2D eigenvalue weighted by Crippen LogP contribution is 2.29. The van der Waals surface area contributed by atoms with Crippen LogP contribution in [0.3, 0.4) is 0 Å². The number of nitrogens with one attached hydrogen (secondary N) is 1. The Balaban J connectivity index is 2.10. The Bertz CT molecular complexity index is 375. The van der Waals surface area contributed by atoms with E-state index in [1.54, 1.807) is 14.2 Å². The number of likely N-dealkylation sites (N-methyl/N-ethyl adjacent to an activating group) is 1. The minimum absolute atomic E-state index is 0.163. The fourth-order valence-electron chi connectivity index (χ4n) is 2.55. The van der Waals surface area contributed by atoms with E-state index in [4.69, 9.17) is 9.47 Å². The summed E-state index contributed by atoms with van der Waals surface area (Å²) in [4.78, 5) is 1.48. The summed E-state index contributed by atoms with van der Waals surface area (Å²) in [6.07, 6.45) is 2.47. The van der Waals surface area contributed by atoms with E-state index in [0.717, 1.165) is 31.9 Å². The maximum atomic E-state index is 5.79. The second-order valence-electron chi connectivity index (χ2n) is 4.62. The Kier molecular flexibility index (Phi) is 4.26. The molecule has 0 spiro atoms. The number of aromatic nitrogens is 4. The van der Waals surface area contributed by atoms with Crippen LogP contribution in [0.1, 0.15) is 18.7 Å². The lowest BCUT2D eigenvalue weighted by Crippen LogP contribution is -2.55. The van der Waals surface area contributed by atoms with Crippen molar-refractivity contribution in [3.05, 3.63) is 5.82 Å². The molecule has 0 aliphatic carbocycles. The zero-order valence-electron chi connectivity index (χ0n) is 11.2. The highest BCUT2D eigenvalue weighted by molar-refractivity contribution is 4.99. The highest BCUT2D eigenvalue weighted by Gasteiger charge is 2.40. The Morgan fingerprint density at radius 2 is 2.22 bits per heavy atom. The standard InChI is InChI=1S/C11H21N5O2/c1-12-9(8-10-13-15-16(2)14-10)11(17-3)4-6-18-7-5-11/h9,12H,4-8H2,1-3H3. The molecule has 1 fully saturated rings. The second-order valence-corrected chi connectivity index (χ2v) is 4.62. The third-order valence-corrected chi connectivity index (χ3v) is 3.67. The Morgan fingerprint density at radius 1 is 1.50 bits per heavy atom. The summed E-state index contributed by atoms with van der Waals surface area (Å²) in [6.45, 7) is 1.47. The average molecular weight is 255 g/mol. The Morgan fingerprint density at radius 3 is 2.72 bits per heavy atom. The van der Waals surface area contributed by atoms with Crippen LogP contribution in [-0.4, -0.2) is 59.2 Å². The number of hydrogen-bond acceptors (Lipinski definition) is 6. The molecule has 2 heterocycles. The van der Waals surface area contributed by atoms with E-state index >= 15 is 0 Å². The maximum Gasteiger partial charge on any atom is 0.176 e. The zero-order chi connectivity index (χ0) is 13.0. The van der Waals surface area contributed by atoms with Gasteiger partial charge in [0.15, 0.2) is 5.82 Å². The quantitative estimate of drug-likeness (QED) is 0.767. The van der Waals surface area contributed by atoms with Crippen LogP contribution >= 0.6 is 0 Å². The molecule has 18 heavy (non-hydrogen) atoms. The summed E-state index contributed by atoms with van der Waals surface area (Å²) >= 11 is 0. The molecular weight excluding hydrogens is 234 g/mol. The third kappa shape index (κ3) is 2.68. The van der Waals surface area contributed by atoms with Crippen molar-refractivity contribution in [2.45, 2.75) is 30.9 Å². The first-order valence-corrected chi connectivity index (χ1v) is 6.23. The number of methoxy groups -OCH3 is 1. The van der Waals surface area contributed by atoms with Crippen molar-refractivity contribution in [3.8, 4) is 0 Å². The zero-order valence-corrected chi connectivity index (χ0v) is 11.2. The molecule has 0 radical (unpaired) electrons. The van der Waals surface area contributed by atoms with Crippen molar-refractivity contribution in [2.75, 3.05) is 27.4 Å². The first-order chi connectivity index (χ1) is 8.70. The van der Waals surface area contributed by atoms with Gasteiger partial charge in [0.1, 0.15) is 0 Å². The molecular formula is C11H21N5O2. The molecule has 1 aliphatic heterocycles. The molecule has 0 amide bonds. The van der Waals surface area contributed by atoms with Gasteiger partial charge in [-0.15, -0.1) is 10.2 Å². The number of ether oxygens (including phenoxy) is 2. The fourth-order valence-corrected chi connectivity index (χ4v) is 2.55. The van der Waals surface area contributed by atoms with Crippen LogP contribution in [0.5, 0.6) is 0 Å². The van der Waals surface area contributed by atoms with Gasteiger partial charge in [-0.05, 0) is 12.3 Å². The van der Waals surface area contributed by atoms with Crippen LogP contribution in [0.15, 0.2) is 0 Å². The van der Waals surface area contributed by atoms with Crippen molar-refractivity contribution in [1.29, 1.82) is 0 Å². The van der Waals surface area contributed by atoms with Gasteiger partial charge in [0.05, 0.1) is 12.6 Å². The molecule has 1 atom stereocenters. The van der Waals surface area contributed by atoms with Crippen molar-refractivity contribution in [1.82, 2.24) is 25.5 Å². The minimum Gasteiger partial charge on any atom is -0.381 e. The molecule has 1 aromatic heterocycles. The lowest BCUT2D eigenvalue weighted by atomic mass is 9.84. The molecule has 0 aromatic carbocycles. The average Bonchev–Trinajstić information content (AvgIpc) is 2.82. The number of tetrazole rings is 1. The number of rotatable bonds is 5. The van der Waals surface area contributed by atoms with Gasteiger partial charge in [-0.1, -0.05) is 0 Å². The minimum atomic E-state index is -0.202. The summed E-state index contributed by atoms with van der Waals surface area (Å²) in [5.74, 6) is 0.736. The summed E-state index contributed by atoms with van der Waals surface area (Å²) in [7, 11) is 5.47. The molecule has 0 saturated carbocycles. The third-order valence-electron chi connectivity index (χ3n) is 3.67. The first-order valence-electron chi connectivity index (χ1n) is 6.23. The molecule has 1 N–H and O–H groups in total. The second kappa shape index (κ2) is 5.73. The monoisotopic (exact) mass is 255 g/mol. The maximum absolute atomic E-state index is 5.79. The molecule has 7 nitrogen and oxygen atoms in total. The predicted molar refractivity (Wildman–Crippen MR) is 65.1 cm³/mol. The molecule has 1 aromatic rings. The van der Waals surface area contributed by atoms with Gasteiger partial charge in [0, 0.05) is 45.6 Å². The van der Waals surface area contributed by atoms with Crippen molar-refractivity contribution >= 4 is 0 Å². The summed E-state index contributed by atoms with van der Waals surface area (Å²) in [5.41, 5.74) is -0.202. The SMILES string of the molecule is CNC(Cc1nnn(C)n1)C1(OC)CCOCC1. The van der Waals surface area contributed by atoms with Crippen LogP contribution in [0.2, 0.25) is 0 Å². The van der Waals surface area contributed by atoms with E-state index in [9.17, 15) is 0 Å². The van der Waals surface area contributed by atoms with Gasteiger partial charge in [-0.3, -0.25) is 0 Å². The lowest BCUT2D eigenvalue weighted by molar-refractivity contribution is -0.109. The van der Waals surface area contributed by atoms with E-state index in [2.05, 4.69) is 20.7 Å². The van der Waals surface area contributed by atoms with Gasteiger partial charge in [0.25, 0.3) is 0 Å². The summed E-state index contributed by atoms with van der Waals surface area (Å²) in [6, 6.07) is 0.163. The molecule has 1 saturated heterocycles. The Hall–Kier alpha value is -1.05. The van der Waals surface area contributed by atoms with E-state index < -0.39 is 0 Å². The first kappa shape index (κ1) is 13.4. The topological polar surface area (TPSA) is 74.1 Å². The predicted octanol–water partition coefficient (Wildman–Crippen LogP) is -0.464. The van der Waals surface area contributed by atoms with Crippen LogP contribution in [0.4, 0.5) is 0 Å². The molecule has 102 valence electrons. The van der Waals surface area contributed by atoms with Crippen molar-refractivity contribution in [2.24, 2.45) is 7.05 Å². The van der Waals surface area contributed by atoms with Gasteiger partial charge in [-0.25, -0.2) is 0 Å². The van der Waals surface area contributed by atoms with E-state index in [1.165, 1.54) is 4.80 Å². The molecule has 0 bridgehead atoms. The van der Waals surface area contributed by atoms with Gasteiger partial charge in [0.2, 0.25) is 0 Å². The van der Waals surface area contributed by atoms with Crippen molar-refractivity contribution in [3.63, 3.8) is 0 Å². The van der Waals surface area contributed by atoms with Crippen LogP contribution in [-0.2, 0) is 22.9 Å². The van der Waals surface area contributed by atoms with Crippen LogP contribution < -0.4 is 5.32 Å². The number of nitrogens with zero attached hydrogens (tertiary/aromatic N) is 4. The lowest BCUT2D eigenvalue weighted by Gasteiger charge is -2.41. The number of aryl methyl sites for hydroxylation is 1. The van der Waals surface area contributed by atoms with Gasteiger partial charge in [-0.2, -0.15) is 4.80 Å².